The van der Waals surface area contributed by atoms with Gasteiger partial charge in [-0.3, -0.25) is 9.79 Å². The molecule has 4 nitrogen and oxygen atoms in total. The highest BCUT2D eigenvalue weighted by Crippen LogP contribution is 2.39. The Hall–Kier alpha value is -1.53. The number of amides is 1. The van der Waals surface area contributed by atoms with Crippen LogP contribution in [-0.4, -0.2) is 28.1 Å². The summed E-state index contributed by atoms with van der Waals surface area (Å²) in [5.41, 5.74) is 1.96. The summed E-state index contributed by atoms with van der Waals surface area (Å²) in [4.78, 5) is 22.5. The van der Waals surface area contributed by atoms with Crippen LogP contribution in [0.2, 0.25) is 15.1 Å². The molecule has 0 saturated heterocycles. The zero-order valence-corrected chi connectivity index (χ0v) is 19.2. The number of aliphatic imine (C=N–C) groups is 2. The average molecular weight is 481 g/mol. The van der Waals surface area contributed by atoms with Crippen molar-refractivity contribution in [2.45, 2.75) is 37.8 Å². The topological polar surface area (TPSA) is 53.8 Å². The van der Waals surface area contributed by atoms with Crippen LogP contribution in [0.15, 0.2) is 52.4 Å². The fraction of sp³-hybridized carbons (Fsp3) is 0.318. The molecule has 1 heterocycles. The quantitative estimate of drug-likeness (QED) is 0.518. The van der Waals surface area contributed by atoms with E-state index in [1.807, 2.05) is 24.3 Å². The number of nitrogens with zero attached hydrogens (tertiary/aromatic N) is 2. The van der Waals surface area contributed by atoms with E-state index >= 15 is 0 Å². The Kier molecular flexibility index (Phi) is 6.73. The molecule has 1 saturated carbocycles. The highest BCUT2D eigenvalue weighted by atomic mass is 35.5. The largest absolute Gasteiger partial charge is 0.324 e. The van der Waals surface area contributed by atoms with Gasteiger partial charge in [0.2, 0.25) is 5.91 Å². The molecule has 1 fully saturated rings. The molecule has 1 spiro atoms. The van der Waals surface area contributed by atoms with Gasteiger partial charge in [0.05, 0.1) is 22.2 Å². The number of thioether (sulfide) groups is 1. The lowest BCUT2D eigenvalue weighted by Gasteiger charge is -2.27. The van der Waals surface area contributed by atoms with Crippen molar-refractivity contribution in [1.29, 1.82) is 0 Å². The number of carbonyl (C=O) groups is 1. The van der Waals surface area contributed by atoms with Crippen LogP contribution in [0.25, 0.3) is 0 Å². The smallest absolute Gasteiger partial charge is 0.234 e. The van der Waals surface area contributed by atoms with Crippen molar-refractivity contribution < 1.29 is 4.79 Å². The van der Waals surface area contributed by atoms with E-state index in [1.54, 1.807) is 18.2 Å². The second kappa shape index (κ2) is 9.31. The zero-order valence-electron chi connectivity index (χ0n) is 16.1. The van der Waals surface area contributed by atoms with Crippen molar-refractivity contribution in [3.63, 3.8) is 0 Å². The molecule has 1 amide bonds. The Bertz CT molecular complexity index is 1010. The van der Waals surface area contributed by atoms with Crippen molar-refractivity contribution >= 4 is 68.9 Å². The number of hydrogen-bond donors (Lipinski definition) is 1. The molecule has 1 aliphatic carbocycles. The van der Waals surface area contributed by atoms with Crippen molar-refractivity contribution in [3.05, 3.63) is 63.1 Å². The number of carbonyl (C=O) groups excluding carboxylic acids is 1. The first-order chi connectivity index (χ1) is 14.4. The standard InChI is InChI=1S/C22H20Cl3N3OS/c23-15-6-4-14(5-7-15)20-21(28-22(27-20)10-2-1-3-11-22)30-13-19(29)26-18-9-8-16(24)12-17(18)25/h4-9,12H,1-3,10-11,13H2,(H,26,29). The fourth-order valence-corrected chi connectivity index (χ4v) is 5.13. The van der Waals surface area contributed by atoms with Gasteiger partial charge >= 0.3 is 0 Å². The van der Waals surface area contributed by atoms with Crippen LogP contribution in [0.1, 0.15) is 37.7 Å². The van der Waals surface area contributed by atoms with Gasteiger partial charge in [-0.2, -0.15) is 0 Å². The molecule has 2 aromatic rings. The van der Waals surface area contributed by atoms with Crippen molar-refractivity contribution in [1.82, 2.24) is 0 Å². The Balaban J connectivity index is 1.50. The van der Waals surface area contributed by atoms with Crippen LogP contribution >= 0.6 is 46.6 Å². The maximum Gasteiger partial charge on any atom is 0.234 e. The Morgan fingerprint density at radius 1 is 0.967 bits per heavy atom. The molecule has 2 aliphatic rings. The maximum absolute atomic E-state index is 12.5. The Morgan fingerprint density at radius 2 is 1.67 bits per heavy atom. The normalized spacial score (nSPS) is 17.6. The van der Waals surface area contributed by atoms with Crippen molar-refractivity contribution in [2.24, 2.45) is 9.98 Å². The molecule has 0 aromatic heterocycles. The van der Waals surface area contributed by atoms with Gasteiger partial charge in [0.15, 0.2) is 5.66 Å². The summed E-state index contributed by atoms with van der Waals surface area (Å²) in [6.45, 7) is 0. The second-order valence-corrected chi connectivity index (χ2v) is 9.63. The summed E-state index contributed by atoms with van der Waals surface area (Å²) in [6.07, 6.45) is 5.35. The minimum atomic E-state index is -0.383. The zero-order chi connectivity index (χ0) is 21.1. The molecular formula is C22H20Cl3N3OS. The molecule has 4 rings (SSSR count). The van der Waals surface area contributed by atoms with E-state index in [2.05, 4.69) is 5.32 Å². The van der Waals surface area contributed by atoms with E-state index in [0.29, 0.717) is 20.8 Å². The predicted octanol–water partition coefficient (Wildman–Crippen LogP) is 6.88. The number of anilines is 1. The van der Waals surface area contributed by atoms with Gasteiger partial charge in [-0.1, -0.05) is 65.1 Å². The summed E-state index contributed by atoms with van der Waals surface area (Å²) in [6, 6.07) is 12.6. The minimum absolute atomic E-state index is 0.160. The maximum atomic E-state index is 12.5. The van der Waals surface area contributed by atoms with E-state index in [4.69, 9.17) is 44.8 Å². The number of nitrogens with one attached hydrogen (secondary N) is 1. The lowest BCUT2D eigenvalue weighted by molar-refractivity contribution is -0.113. The van der Waals surface area contributed by atoms with Crippen LogP contribution < -0.4 is 5.32 Å². The minimum Gasteiger partial charge on any atom is -0.324 e. The van der Waals surface area contributed by atoms with Crippen LogP contribution in [0.5, 0.6) is 0 Å². The molecule has 0 bridgehead atoms. The third kappa shape index (κ3) is 5.02. The SMILES string of the molecule is O=C(CSC1=NC2(CCCCC2)N=C1c1ccc(Cl)cc1)Nc1ccc(Cl)cc1Cl. The van der Waals surface area contributed by atoms with Crippen molar-refractivity contribution in [2.75, 3.05) is 11.1 Å². The first-order valence-corrected chi connectivity index (χ1v) is 11.9. The summed E-state index contributed by atoms with van der Waals surface area (Å²) in [5.74, 6) is 0.0486. The lowest BCUT2D eigenvalue weighted by atomic mass is 9.90. The molecular weight excluding hydrogens is 461 g/mol. The van der Waals surface area contributed by atoms with Crippen LogP contribution in [-0.2, 0) is 4.79 Å². The third-order valence-corrected chi connectivity index (χ3v) is 6.91. The molecule has 0 unspecified atom stereocenters. The van der Waals surface area contributed by atoms with E-state index in [1.165, 1.54) is 18.2 Å². The summed E-state index contributed by atoms with van der Waals surface area (Å²) in [7, 11) is 0. The van der Waals surface area contributed by atoms with Crippen LogP contribution in [0, 0.1) is 0 Å². The number of benzene rings is 2. The van der Waals surface area contributed by atoms with Gasteiger partial charge < -0.3 is 5.32 Å². The van der Waals surface area contributed by atoms with E-state index in [-0.39, 0.29) is 17.3 Å². The number of rotatable bonds is 4. The highest BCUT2D eigenvalue weighted by Gasteiger charge is 2.37. The summed E-state index contributed by atoms with van der Waals surface area (Å²) in [5, 5.41) is 5.24. The average Bonchev–Trinajstić information content (AvgIpc) is 3.07. The molecule has 1 aliphatic heterocycles. The van der Waals surface area contributed by atoms with E-state index < -0.39 is 0 Å². The fourth-order valence-electron chi connectivity index (χ4n) is 3.67. The highest BCUT2D eigenvalue weighted by molar-refractivity contribution is 8.16. The van der Waals surface area contributed by atoms with Crippen LogP contribution in [0.4, 0.5) is 5.69 Å². The second-order valence-electron chi connectivity index (χ2n) is 7.39. The van der Waals surface area contributed by atoms with Gasteiger partial charge in [-0.05, 0) is 56.0 Å². The van der Waals surface area contributed by atoms with E-state index in [9.17, 15) is 4.79 Å². The molecule has 30 heavy (non-hydrogen) atoms. The molecule has 2 aromatic carbocycles. The van der Waals surface area contributed by atoms with Gasteiger partial charge in [0.1, 0.15) is 5.04 Å². The van der Waals surface area contributed by atoms with Crippen LogP contribution in [0.3, 0.4) is 0 Å². The molecule has 156 valence electrons. The monoisotopic (exact) mass is 479 g/mol. The summed E-state index contributed by atoms with van der Waals surface area (Å²) >= 11 is 19.5. The molecule has 1 N–H and O–H groups in total. The number of halogens is 3. The summed E-state index contributed by atoms with van der Waals surface area (Å²) < 4.78 is 0. The third-order valence-electron chi connectivity index (χ3n) is 5.15. The molecule has 8 heteroatoms. The number of hydrogen-bond acceptors (Lipinski definition) is 4. The first kappa shape index (κ1) is 21.7. The van der Waals surface area contributed by atoms with Gasteiger partial charge in [-0.15, -0.1) is 0 Å². The van der Waals surface area contributed by atoms with Gasteiger partial charge in [0, 0.05) is 15.6 Å². The predicted molar refractivity (Wildman–Crippen MR) is 129 cm³/mol. The van der Waals surface area contributed by atoms with Gasteiger partial charge in [-0.25, -0.2) is 4.99 Å². The Morgan fingerprint density at radius 3 is 2.37 bits per heavy atom. The van der Waals surface area contributed by atoms with E-state index in [0.717, 1.165) is 42.0 Å². The van der Waals surface area contributed by atoms with Gasteiger partial charge in [0.25, 0.3) is 0 Å². The molecule has 0 radical (unpaired) electrons. The Labute approximate surface area is 195 Å². The van der Waals surface area contributed by atoms with Crippen molar-refractivity contribution in [3.8, 4) is 0 Å². The first-order valence-electron chi connectivity index (χ1n) is 9.78. The molecule has 0 atom stereocenters. The lowest BCUT2D eigenvalue weighted by Crippen LogP contribution is -2.25.